The second kappa shape index (κ2) is 10.8. The van der Waals surface area contributed by atoms with Gasteiger partial charge in [0, 0.05) is 28.2 Å². The number of hydrogen-bond donors (Lipinski definition) is 4. The average molecular weight is 479 g/mol. The molecule has 0 atom stereocenters. The maximum absolute atomic E-state index is 13.0. The van der Waals surface area contributed by atoms with Crippen LogP contribution < -0.4 is 16.0 Å². The maximum atomic E-state index is 13.0. The van der Waals surface area contributed by atoms with E-state index < -0.39 is 23.7 Å². The van der Waals surface area contributed by atoms with Gasteiger partial charge in [0.2, 0.25) is 0 Å². The first-order chi connectivity index (χ1) is 17.4. The number of anilines is 3. The molecule has 4 aromatic carbocycles. The molecule has 36 heavy (non-hydrogen) atoms. The van der Waals surface area contributed by atoms with Gasteiger partial charge in [-0.1, -0.05) is 48.5 Å². The van der Waals surface area contributed by atoms with Crippen LogP contribution in [0.4, 0.5) is 17.1 Å². The van der Waals surface area contributed by atoms with E-state index in [9.17, 15) is 24.3 Å². The number of para-hydroxylation sites is 2. The van der Waals surface area contributed by atoms with Crippen LogP contribution in [0.1, 0.15) is 41.4 Å². The molecule has 4 N–H and O–H groups in total. The third kappa shape index (κ3) is 5.81. The fourth-order valence-electron chi connectivity index (χ4n) is 3.48. The second-order valence-electron chi connectivity index (χ2n) is 7.74. The lowest BCUT2D eigenvalue weighted by molar-refractivity contribution is 0.0692. The van der Waals surface area contributed by atoms with Gasteiger partial charge in [-0.05, 0) is 54.6 Å². The summed E-state index contributed by atoms with van der Waals surface area (Å²) >= 11 is 0. The van der Waals surface area contributed by atoms with Crippen LogP contribution in [0.2, 0.25) is 0 Å². The van der Waals surface area contributed by atoms with E-state index in [1.807, 2.05) is 12.1 Å². The minimum atomic E-state index is -1.25. The lowest BCUT2D eigenvalue weighted by Gasteiger charge is -2.13. The molecule has 4 aromatic rings. The van der Waals surface area contributed by atoms with Gasteiger partial charge in [0.25, 0.3) is 17.7 Å². The van der Waals surface area contributed by atoms with E-state index in [1.54, 1.807) is 54.6 Å². The lowest BCUT2D eigenvalue weighted by atomic mass is 10.1. The van der Waals surface area contributed by atoms with Gasteiger partial charge in [0.15, 0.2) is 0 Å². The Bertz CT molecular complexity index is 1360. The van der Waals surface area contributed by atoms with Crippen molar-refractivity contribution in [3.8, 4) is 0 Å². The van der Waals surface area contributed by atoms with Crippen molar-refractivity contribution in [2.24, 2.45) is 0 Å². The summed E-state index contributed by atoms with van der Waals surface area (Å²) in [6.07, 6.45) is 0. The zero-order chi connectivity index (χ0) is 25.5. The number of carboxylic acid groups (broad SMARTS) is 1. The molecule has 0 heterocycles. The van der Waals surface area contributed by atoms with Crippen molar-refractivity contribution in [2.75, 3.05) is 16.0 Å². The number of carboxylic acids is 1. The quantitative estimate of drug-likeness (QED) is 0.292. The van der Waals surface area contributed by atoms with E-state index in [-0.39, 0.29) is 27.9 Å². The van der Waals surface area contributed by atoms with Gasteiger partial charge < -0.3 is 21.1 Å². The van der Waals surface area contributed by atoms with Crippen molar-refractivity contribution in [1.82, 2.24) is 0 Å². The van der Waals surface area contributed by atoms with Crippen molar-refractivity contribution in [1.29, 1.82) is 0 Å². The van der Waals surface area contributed by atoms with Crippen LogP contribution in [-0.4, -0.2) is 28.8 Å². The van der Waals surface area contributed by atoms with Crippen molar-refractivity contribution in [3.05, 3.63) is 125 Å². The Labute approximate surface area is 206 Å². The molecule has 0 bridgehead atoms. The summed E-state index contributed by atoms with van der Waals surface area (Å²) in [5.41, 5.74) is 1.29. The van der Waals surface area contributed by atoms with Gasteiger partial charge in [-0.15, -0.1) is 0 Å². The molecule has 0 saturated carbocycles. The van der Waals surface area contributed by atoms with Gasteiger partial charge in [-0.3, -0.25) is 14.4 Å². The molecule has 0 saturated heterocycles. The molecule has 0 aliphatic heterocycles. The highest BCUT2D eigenvalue weighted by molar-refractivity contribution is 6.13. The average Bonchev–Trinajstić information content (AvgIpc) is 2.89. The first kappa shape index (κ1) is 23.9. The first-order valence-electron chi connectivity index (χ1n) is 10.9. The van der Waals surface area contributed by atoms with Crippen molar-refractivity contribution >= 4 is 40.8 Å². The molecule has 8 heteroatoms. The van der Waals surface area contributed by atoms with Crippen LogP contribution in [0, 0.1) is 0 Å². The van der Waals surface area contributed by atoms with Crippen LogP contribution in [0.3, 0.4) is 0 Å². The zero-order valence-electron chi connectivity index (χ0n) is 18.9. The van der Waals surface area contributed by atoms with Crippen LogP contribution in [0.25, 0.3) is 0 Å². The number of carbonyl (C=O) groups excluding carboxylic acids is 3. The number of rotatable bonds is 7. The normalized spacial score (nSPS) is 10.2. The van der Waals surface area contributed by atoms with Crippen LogP contribution in [0.5, 0.6) is 0 Å². The van der Waals surface area contributed by atoms with E-state index >= 15 is 0 Å². The molecule has 0 radical (unpaired) electrons. The second-order valence-corrected chi connectivity index (χ2v) is 7.74. The summed E-state index contributed by atoms with van der Waals surface area (Å²) in [6, 6.07) is 27.6. The molecule has 8 nitrogen and oxygen atoms in total. The molecule has 0 fully saturated rings. The summed E-state index contributed by atoms with van der Waals surface area (Å²) in [5.74, 6) is -2.92. The number of carbonyl (C=O) groups is 4. The summed E-state index contributed by atoms with van der Waals surface area (Å²) in [7, 11) is 0. The van der Waals surface area contributed by atoms with Crippen LogP contribution >= 0.6 is 0 Å². The van der Waals surface area contributed by atoms with Crippen molar-refractivity contribution < 1.29 is 24.3 Å². The molecular weight excluding hydrogens is 458 g/mol. The molecule has 0 spiro atoms. The van der Waals surface area contributed by atoms with Gasteiger partial charge >= 0.3 is 5.97 Å². The van der Waals surface area contributed by atoms with E-state index in [1.165, 1.54) is 36.4 Å². The first-order valence-corrected chi connectivity index (χ1v) is 10.9. The molecule has 3 amide bonds. The van der Waals surface area contributed by atoms with E-state index in [4.69, 9.17) is 0 Å². The number of nitrogens with one attached hydrogen (secondary N) is 3. The third-order valence-corrected chi connectivity index (χ3v) is 5.18. The number of aromatic carboxylic acids is 1. The number of benzene rings is 4. The van der Waals surface area contributed by atoms with E-state index in [2.05, 4.69) is 16.0 Å². The van der Waals surface area contributed by atoms with Crippen molar-refractivity contribution in [3.63, 3.8) is 0 Å². The van der Waals surface area contributed by atoms with Gasteiger partial charge in [-0.25, -0.2) is 4.79 Å². The molecular formula is C28H21N3O5. The standard InChI is InChI=1S/C28H21N3O5/c32-25(29-20-9-3-1-4-10-20)18-15-19(26(33)30-21-11-5-2-6-12-21)17-22(16-18)31-27(34)23-13-7-8-14-24(23)28(35)36/h1-17H,(H,29,32)(H,30,33)(H,31,34)(H,35,36). The molecule has 0 unspecified atom stereocenters. The Morgan fingerprint density at radius 3 is 1.36 bits per heavy atom. The maximum Gasteiger partial charge on any atom is 0.336 e. The minimum absolute atomic E-state index is 0.0561. The highest BCUT2D eigenvalue weighted by Crippen LogP contribution is 2.20. The molecule has 0 aliphatic carbocycles. The fourth-order valence-corrected chi connectivity index (χ4v) is 3.48. The lowest BCUT2D eigenvalue weighted by Crippen LogP contribution is -2.19. The molecule has 178 valence electrons. The molecule has 4 rings (SSSR count). The van der Waals surface area contributed by atoms with Gasteiger partial charge in [0.05, 0.1) is 11.1 Å². The Hall–Kier alpha value is -5.24. The van der Waals surface area contributed by atoms with Gasteiger partial charge in [-0.2, -0.15) is 0 Å². The Morgan fingerprint density at radius 1 is 0.472 bits per heavy atom. The largest absolute Gasteiger partial charge is 0.478 e. The highest BCUT2D eigenvalue weighted by Gasteiger charge is 2.19. The summed E-state index contributed by atoms with van der Waals surface area (Å²) in [4.78, 5) is 50.4. The summed E-state index contributed by atoms with van der Waals surface area (Å²) in [6.45, 7) is 0. The minimum Gasteiger partial charge on any atom is -0.478 e. The monoisotopic (exact) mass is 479 g/mol. The Morgan fingerprint density at radius 2 is 0.889 bits per heavy atom. The Balaban J connectivity index is 1.67. The van der Waals surface area contributed by atoms with Crippen molar-refractivity contribution in [2.45, 2.75) is 0 Å². The predicted molar refractivity (Wildman–Crippen MR) is 137 cm³/mol. The summed E-state index contributed by atoms with van der Waals surface area (Å²) in [5, 5.41) is 17.5. The molecule has 0 aromatic heterocycles. The smallest absolute Gasteiger partial charge is 0.336 e. The number of amides is 3. The highest BCUT2D eigenvalue weighted by atomic mass is 16.4. The van der Waals surface area contributed by atoms with Gasteiger partial charge in [0.1, 0.15) is 0 Å². The van der Waals surface area contributed by atoms with Crippen LogP contribution in [0.15, 0.2) is 103 Å². The molecule has 0 aliphatic rings. The Kier molecular flexibility index (Phi) is 7.17. The topological polar surface area (TPSA) is 125 Å². The zero-order valence-corrected chi connectivity index (χ0v) is 18.9. The predicted octanol–water partition coefficient (Wildman–Crippen LogP) is 5.14. The third-order valence-electron chi connectivity index (χ3n) is 5.18. The van der Waals surface area contributed by atoms with E-state index in [0.717, 1.165) is 0 Å². The fraction of sp³-hybridized carbons (Fsp3) is 0. The van der Waals surface area contributed by atoms with E-state index in [0.29, 0.717) is 11.4 Å². The number of hydrogen-bond acceptors (Lipinski definition) is 4. The van der Waals surface area contributed by atoms with Crippen LogP contribution in [-0.2, 0) is 0 Å². The summed E-state index contributed by atoms with van der Waals surface area (Å²) < 4.78 is 0. The SMILES string of the molecule is O=C(Nc1ccccc1)c1cc(NC(=O)c2ccccc2C(=O)O)cc(C(=O)Nc2ccccc2)c1.